The molecule has 0 aliphatic heterocycles. The van der Waals surface area contributed by atoms with Crippen molar-refractivity contribution in [2.24, 2.45) is 0 Å². The van der Waals surface area contributed by atoms with E-state index in [1.807, 2.05) is 18.2 Å². The minimum atomic E-state index is -0.112. The van der Waals surface area contributed by atoms with Gasteiger partial charge in [-0.15, -0.1) is 0 Å². The predicted octanol–water partition coefficient (Wildman–Crippen LogP) is 14.6. The quantitative estimate of drug-likeness (QED) is 0.176. The first-order chi connectivity index (χ1) is 28.0. The van der Waals surface area contributed by atoms with Gasteiger partial charge in [0.15, 0.2) is 5.82 Å². The Labute approximate surface area is 332 Å². The van der Waals surface area contributed by atoms with E-state index in [9.17, 15) is 0 Å². The maximum Gasteiger partial charge on any atom is 0.160 e. The van der Waals surface area contributed by atoms with Crippen LogP contribution >= 0.6 is 0 Å². The fourth-order valence-corrected chi connectivity index (χ4v) is 9.11. The fraction of sp³-hybridized carbons (Fsp3) is 0.0545. The highest BCUT2D eigenvalue weighted by atomic mass is 14.9. The van der Waals surface area contributed by atoms with Crippen molar-refractivity contribution in [3.05, 3.63) is 205 Å². The standard InChI is InChI=1S/C55H38N2/c1-55(2)50-33-41(27-28-47(50)49-31-39-16-6-7-17-40(39)32-51(49)55)44-29-30-48(46-21-11-10-20-45(44)46)53-34-52(56-54(57-53)38-14-4-3-5-15-38)37-25-23-36(24-26-37)43-22-12-18-35-13-8-9-19-42(35)43/h3-34H,1-2H3. The van der Waals surface area contributed by atoms with Crippen LogP contribution in [0.5, 0.6) is 0 Å². The molecule has 1 heterocycles. The van der Waals surface area contributed by atoms with E-state index < -0.39 is 0 Å². The zero-order valence-corrected chi connectivity index (χ0v) is 31.9. The highest BCUT2D eigenvalue weighted by Crippen LogP contribution is 2.51. The smallest absolute Gasteiger partial charge is 0.160 e. The molecular formula is C55H38N2. The van der Waals surface area contributed by atoms with Gasteiger partial charge in [-0.1, -0.05) is 184 Å². The Morgan fingerprint density at radius 2 is 0.860 bits per heavy atom. The van der Waals surface area contributed by atoms with E-state index in [4.69, 9.17) is 9.97 Å². The zero-order valence-electron chi connectivity index (χ0n) is 31.9. The van der Waals surface area contributed by atoms with Crippen molar-refractivity contribution in [3.8, 4) is 67.3 Å². The molecule has 1 aliphatic carbocycles. The molecule has 1 aromatic heterocycles. The van der Waals surface area contributed by atoms with Crippen LogP contribution in [0, 0.1) is 0 Å². The van der Waals surface area contributed by atoms with Crippen LogP contribution in [0.25, 0.3) is 99.6 Å². The number of hydrogen-bond acceptors (Lipinski definition) is 2. The second-order valence-corrected chi connectivity index (χ2v) is 15.8. The van der Waals surface area contributed by atoms with Crippen molar-refractivity contribution in [1.29, 1.82) is 0 Å². The summed E-state index contributed by atoms with van der Waals surface area (Å²) >= 11 is 0. The Kier molecular flexibility index (Phi) is 7.55. The van der Waals surface area contributed by atoms with Crippen LogP contribution in [0.1, 0.15) is 25.0 Å². The van der Waals surface area contributed by atoms with Crippen molar-refractivity contribution in [2.45, 2.75) is 19.3 Å². The van der Waals surface area contributed by atoms with Gasteiger partial charge in [0.25, 0.3) is 0 Å². The van der Waals surface area contributed by atoms with Gasteiger partial charge in [-0.3, -0.25) is 0 Å². The summed E-state index contributed by atoms with van der Waals surface area (Å²) in [5.41, 5.74) is 15.1. The number of benzene rings is 9. The first kappa shape index (κ1) is 33.2. The van der Waals surface area contributed by atoms with Crippen LogP contribution in [-0.2, 0) is 5.41 Å². The summed E-state index contributed by atoms with van der Waals surface area (Å²) in [4.78, 5) is 10.4. The average molecular weight is 727 g/mol. The molecule has 0 saturated heterocycles. The average Bonchev–Trinajstić information content (AvgIpc) is 3.49. The van der Waals surface area contributed by atoms with Gasteiger partial charge in [-0.25, -0.2) is 9.97 Å². The third-order valence-corrected chi connectivity index (χ3v) is 12.1. The largest absolute Gasteiger partial charge is 0.228 e. The molecule has 0 radical (unpaired) electrons. The number of rotatable bonds is 5. The molecule has 0 fully saturated rings. The lowest BCUT2D eigenvalue weighted by Gasteiger charge is -2.22. The van der Waals surface area contributed by atoms with Gasteiger partial charge in [0.2, 0.25) is 0 Å². The van der Waals surface area contributed by atoms with Gasteiger partial charge in [0, 0.05) is 22.1 Å². The Balaban J connectivity index is 1.02. The van der Waals surface area contributed by atoms with Crippen molar-refractivity contribution >= 4 is 32.3 Å². The lowest BCUT2D eigenvalue weighted by Crippen LogP contribution is -2.15. The third-order valence-electron chi connectivity index (χ3n) is 12.1. The minimum absolute atomic E-state index is 0.112. The summed E-state index contributed by atoms with van der Waals surface area (Å²) in [7, 11) is 0. The molecular weight excluding hydrogens is 689 g/mol. The fourth-order valence-electron chi connectivity index (χ4n) is 9.11. The Bertz CT molecular complexity index is 3190. The molecule has 9 aromatic carbocycles. The van der Waals surface area contributed by atoms with Gasteiger partial charge < -0.3 is 0 Å². The van der Waals surface area contributed by atoms with E-state index in [-0.39, 0.29) is 5.41 Å². The van der Waals surface area contributed by atoms with Gasteiger partial charge in [-0.05, 0) is 101 Å². The van der Waals surface area contributed by atoms with Crippen molar-refractivity contribution in [2.75, 3.05) is 0 Å². The first-order valence-electron chi connectivity index (χ1n) is 19.7. The molecule has 0 N–H and O–H groups in total. The van der Waals surface area contributed by atoms with Gasteiger partial charge in [0.1, 0.15) is 0 Å². The van der Waals surface area contributed by atoms with Crippen LogP contribution in [0.4, 0.5) is 0 Å². The van der Waals surface area contributed by atoms with E-state index in [2.05, 4.69) is 190 Å². The third kappa shape index (κ3) is 5.48. The molecule has 0 amide bonds. The molecule has 10 aromatic rings. The highest BCUT2D eigenvalue weighted by Gasteiger charge is 2.36. The first-order valence-corrected chi connectivity index (χ1v) is 19.7. The maximum absolute atomic E-state index is 5.25. The normalized spacial score (nSPS) is 12.9. The summed E-state index contributed by atoms with van der Waals surface area (Å²) in [6, 6.07) is 70.2. The Hall–Kier alpha value is -7.16. The molecule has 57 heavy (non-hydrogen) atoms. The Morgan fingerprint density at radius 1 is 0.316 bits per heavy atom. The lowest BCUT2D eigenvalue weighted by atomic mass is 9.81. The maximum atomic E-state index is 5.25. The predicted molar refractivity (Wildman–Crippen MR) is 239 cm³/mol. The summed E-state index contributed by atoms with van der Waals surface area (Å²) in [5, 5.41) is 7.44. The lowest BCUT2D eigenvalue weighted by molar-refractivity contribution is 0.661. The van der Waals surface area contributed by atoms with E-state index in [1.165, 1.54) is 76.8 Å². The summed E-state index contributed by atoms with van der Waals surface area (Å²) in [6.45, 7) is 4.73. The van der Waals surface area contributed by atoms with Crippen molar-refractivity contribution in [1.82, 2.24) is 9.97 Å². The summed E-state index contributed by atoms with van der Waals surface area (Å²) in [6.07, 6.45) is 0. The van der Waals surface area contributed by atoms with Crippen LogP contribution in [0.15, 0.2) is 194 Å². The van der Waals surface area contributed by atoms with E-state index in [0.717, 1.165) is 28.1 Å². The van der Waals surface area contributed by atoms with Gasteiger partial charge in [-0.2, -0.15) is 0 Å². The molecule has 268 valence electrons. The van der Waals surface area contributed by atoms with E-state index in [1.54, 1.807) is 0 Å². The molecule has 0 atom stereocenters. The molecule has 1 aliphatic rings. The second kappa shape index (κ2) is 13.0. The molecule has 0 bridgehead atoms. The molecule has 0 spiro atoms. The number of nitrogens with zero attached hydrogens (tertiary/aromatic N) is 2. The zero-order chi connectivity index (χ0) is 38.1. The number of hydrogen-bond donors (Lipinski definition) is 0. The number of fused-ring (bicyclic) bond motifs is 6. The summed E-state index contributed by atoms with van der Waals surface area (Å²) < 4.78 is 0. The Morgan fingerprint density at radius 3 is 1.65 bits per heavy atom. The van der Waals surface area contributed by atoms with Crippen LogP contribution in [-0.4, -0.2) is 9.97 Å². The molecule has 2 heteroatoms. The van der Waals surface area contributed by atoms with Crippen LogP contribution in [0.3, 0.4) is 0 Å². The monoisotopic (exact) mass is 726 g/mol. The van der Waals surface area contributed by atoms with Crippen LogP contribution in [0.2, 0.25) is 0 Å². The molecule has 11 rings (SSSR count). The summed E-state index contributed by atoms with van der Waals surface area (Å²) in [5.74, 6) is 0.711. The van der Waals surface area contributed by atoms with Crippen molar-refractivity contribution < 1.29 is 0 Å². The minimum Gasteiger partial charge on any atom is -0.228 e. The second-order valence-electron chi connectivity index (χ2n) is 15.8. The topological polar surface area (TPSA) is 25.8 Å². The van der Waals surface area contributed by atoms with Gasteiger partial charge >= 0.3 is 0 Å². The SMILES string of the molecule is CC1(C)c2cc(-c3ccc(-c4cc(-c5ccc(-c6cccc7ccccc67)cc5)nc(-c5ccccc5)n4)c4ccccc34)ccc2-c2cc3ccccc3cc21. The highest BCUT2D eigenvalue weighted by molar-refractivity contribution is 6.05. The molecule has 0 unspecified atom stereocenters. The van der Waals surface area contributed by atoms with Crippen molar-refractivity contribution in [3.63, 3.8) is 0 Å². The van der Waals surface area contributed by atoms with Gasteiger partial charge in [0.05, 0.1) is 11.4 Å². The number of aromatic nitrogens is 2. The van der Waals surface area contributed by atoms with E-state index >= 15 is 0 Å². The van der Waals surface area contributed by atoms with E-state index in [0.29, 0.717) is 5.82 Å². The molecule has 0 saturated carbocycles. The molecule has 2 nitrogen and oxygen atoms in total. The van der Waals surface area contributed by atoms with Crippen LogP contribution < -0.4 is 0 Å².